The molecule has 1 heterocycles. The highest BCUT2D eigenvalue weighted by Crippen LogP contribution is 2.44. The number of carboxylic acid groups (broad SMARTS) is 1. The van der Waals surface area contributed by atoms with E-state index in [-0.39, 0.29) is 5.41 Å². The average Bonchev–Trinajstić information content (AvgIpc) is 2.65. The molecule has 0 fully saturated rings. The summed E-state index contributed by atoms with van der Waals surface area (Å²) in [6.45, 7) is 6.65. The first-order valence-electron chi connectivity index (χ1n) is 9.85. The Kier molecular flexibility index (Phi) is 4.95. The number of para-hydroxylation sites is 1. The molecule has 1 aliphatic rings. The van der Waals surface area contributed by atoms with E-state index < -0.39 is 5.97 Å². The van der Waals surface area contributed by atoms with Crippen LogP contribution in [-0.2, 0) is 6.42 Å². The summed E-state index contributed by atoms with van der Waals surface area (Å²) < 4.78 is 0. The number of aromatic nitrogens is 1. The van der Waals surface area contributed by atoms with Gasteiger partial charge in [-0.3, -0.25) is 0 Å². The van der Waals surface area contributed by atoms with Crippen LogP contribution in [0.3, 0.4) is 0 Å². The molecule has 3 nitrogen and oxygen atoms in total. The van der Waals surface area contributed by atoms with Crippen LogP contribution in [0, 0.1) is 11.3 Å². The van der Waals surface area contributed by atoms with E-state index in [2.05, 4.69) is 26.8 Å². The highest BCUT2D eigenvalue weighted by Gasteiger charge is 2.35. The number of fused-ring (bicyclic) bond motifs is 2. The number of pyridine rings is 1. The number of rotatable bonds is 2. The van der Waals surface area contributed by atoms with Crippen LogP contribution >= 0.6 is 11.6 Å². The van der Waals surface area contributed by atoms with Gasteiger partial charge in [0.05, 0.1) is 16.8 Å². The predicted molar refractivity (Wildman–Crippen MR) is 119 cm³/mol. The van der Waals surface area contributed by atoms with Gasteiger partial charge < -0.3 is 5.11 Å². The van der Waals surface area contributed by atoms with E-state index in [0.717, 1.165) is 34.3 Å². The van der Waals surface area contributed by atoms with Crippen LogP contribution < -0.4 is 0 Å². The van der Waals surface area contributed by atoms with Gasteiger partial charge in [-0.15, -0.1) is 0 Å². The molecule has 2 aromatic carbocycles. The monoisotopic (exact) mass is 405 g/mol. The van der Waals surface area contributed by atoms with E-state index >= 15 is 0 Å². The largest absolute Gasteiger partial charge is 0.478 e. The highest BCUT2D eigenvalue weighted by atomic mass is 35.5. The zero-order valence-electron chi connectivity index (χ0n) is 16.9. The van der Waals surface area contributed by atoms with Crippen molar-refractivity contribution in [1.29, 1.82) is 0 Å². The molecule has 0 bridgehead atoms. The zero-order chi connectivity index (χ0) is 20.8. The number of hydrogen-bond acceptors (Lipinski definition) is 2. The first kappa shape index (κ1) is 19.7. The number of nitrogens with zero attached hydrogens (tertiary/aromatic N) is 1. The van der Waals surface area contributed by atoms with Gasteiger partial charge in [0.15, 0.2) is 0 Å². The Morgan fingerprint density at radius 3 is 2.59 bits per heavy atom. The lowest BCUT2D eigenvalue weighted by Gasteiger charge is -2.36. The quantitative estimate of drug-likeness (QED) is 0.513. The fourth-order valence-electron chi connectivity index (χ4n) is 4.18. The van der Waals surface area contributed by atoms with Gasteiger partial charge in [-0.2, -0.15) is 0 Å². The van der Waals surface area contributed by atoms with Crippen LogP contribution in [0.2, 0.25) is 5.02 Å². The maximum Gasteiger partial charge on any atom is 0.336 e. The second kappa shape index (κ2) is 7.31. The van der Waals surface area contributed by atoms with Crippen LogP contribution in [-0.4, -0.2) is 16.1 Å². The molecule has 0 unspecified atom stereocenters. The van der Waals surface area contributed by atoms with E-state index in [1.807, 2.05) is 48.5 Å². The van der Waals surface area contributed by atoms with Gasteiger partial charge in [-0.05, 0) is 65.1 Å². The Labute approximate surface area is 176 Å². The molecule has 3 aromatic rings. The minimum absolute atomic E-state index is 0.0481. The minimum Gasteiger partial charge on any atom is -0.478 e. The molecule has 1 aliphatic carbocycles. The summed E-state index contributed by atoms with van der Waals surface area (Å²) in [5.74, 6) is -0.571. The highest BCUT2D eigenvalue weighted by molar-refractivity contribution is 6.30. The van der Waals surface area contributed by atoms with E-state index in [0.29, 0.717) is 28.3 Å². The molecule has 1 N–H and O–H groups in total. The van der Waals surface area contributed by atoms with Crippen molar-refractivity contribution in [2.24, 2.45) is 11.3 Å². The van der Waals surface area contributed by atoms with Gasteiger partial charge >= 0.3 is 5.97 Å². The third-order valence-electron chi connectivity index (χ3n) is 5.84. The SMILES string of the molecule is CC(C)(C)[C@H]1C/C(=C/c2cccc(Cl)c2)c2nc3ccccc3c(C(=O)O)c2C1. The minimum atomic E-state index is -0.892. The van der Waals surface area contributed by atoms with E-state index in [1.165, 1.54) is 0 Å². The molecule has 0 saturated heterocycles. The normalized spacial score (nSPS) is 18.1. The molecular formula is C25H24ClNO2. The van der Waals surface area contributed by atoms with Crippen molar-refractivity contribution in [2.75, 3.05) is 0 Å². The maximum atomic E-state index is 12.3. The second-order valence-electron chi connectivity index (χ2n) is 8.83. The van der Waals surface area contributed by atoms with Gasteiger partial charge in [-0.1, -0.05) is 62.7 Å². The number of allylic oxidation sites excluding steroid dienone is 1. The zero-order valence-corrected chi connectivity index (χ0v) is 17.6. The van der Waals surface area contributed by atoms with Crippen molar-refractivity contribution in [3.8, 4) is 0 Å². The van der Waals surface area contributed by atoms with Gasteiger partial charge in [-0.25, -0.2) is 9.78 Å². The first-order valence-corrected chi connectivity index (χ1v) is 10.2. The van der Waals surface area contributed by atoms with Crippen molar-refractivity contribution in [2.45, 2.75) is 33.6 Å². The number of carboxylic acids is 1. The van der Waals surface area contributed by atoms with Crippen LogP contribution in [0.1, 0.15) is 54.4 Å². The summed E-state index contributed by atoms with van der Waals surface area (Å²) >= 11 is 6.19. The fraction of sp³-hybridized carbons (Fsp3) is 0.280. The molecule has 4 rings (SSSR count). The molecule has 0 spiro atoms. The van der Waals surface area contributed by atoms with Crippen molar-refractivity contribution in [3.63, 3.8) is 0 Å². The Bertz CT molecular complexity index is 1140. The molecule has 1 atom stereocenters. The standard InChI is InChI=1S/C25H24ClNO2/c1-25(2,3)17-13-16(11-15-7-6-8-18(26)12-15)23-20(14-17)22(24(28)29)19-9-4-5-10-21(19)27-23/h4-12,17H,13-14H2,1-3H3,(H,28,29)/b16-11-/t17-/m0/s1. The molecular weight excluding hydrogens is 382 g/mol. The van der Waals surface area contributed by atoms with Crippen LogP contribution in [0.15, 0.2) is 48.5 Å². The smallest absolute Gasteiger partial charge is 0.336 e. The number of aromatic carboxylic acids is 1. The lowest BCUT2D eigenvalue weighted by atomic mass is 9.69. The van der Waals surface area contributed by atoms with Gasteiger partial charge in [0.25, 0.3) is 0 Å². The lowest BCUT2D eigenvalue weighted by Crippen LogP contribution is -2.28. The summed E-state index contributed by atoms with van der Waals surface area (Å²) in [7, 11) is 0. The number of benzene rings is 2. The van der Waals surface area contributed by atoms with Crippen molar-refractivity contribution < 1.29 is 9.90 Å². The topological polar surface area (TPSA) is 50.2 Å². The molecule has 4 heteroatoms. The van der Waals surface area contributed by atoms with Crippen molar-refractivity contribution >= 4 is 40.1 Å². The molecule has 0 radical (unpaired) electrons. The Hall–Kier alpha value is -2.65. The summed E-state index contributed by atoms with van der Waals surface area (Å²) in [5, 5.41) is 11.5. The third kappa shape index (κ3) is 3.79. The average molecular weight is 406 g/mol. The Morgan fingerprint density at radius 2 is 1.90 bits per heavy atom. The summed E-state index contributed by atoms with van der Waals surface area (Å²) in [6, 6.07) is 15.2. The molecule has 0 amide bonds. The molecule has 0 saturated carbocycles. The molecule has 1 aromatic heterocycles. The third-order valence-corrected chi connectivity index (χ3v) is 6.08. The molecule has 148 valence electrons. The van der Waals surface area contributed by atoms with E-state index in [1.54, 1.807) is 0 Å². The summed E-state index contributed by atoms with van der Waals surface area (Å²) in [6.07, 6.45) is 3.68. The Balaban J connectivity index is 2.00. The van der Waals surface area contributed by atoms with Crippen LogP contribution in [0.4, 0.5) is 0 Å². The summed E-state index contributed by atoms with van der Waals surface area (Å²) in [4.78, 5) is 17.2. The van der Waals surface area contributed by atoms with Gasteiger partial charge in [0.2, 0.25) is 0 Å². The lowest BCUT2D eigenvalue weighted by molar-refractivity contribution is 0.0696. The van der Waals surface area contributed by atoms with Crippen molar-refractivity contribution in [1.82, 2.24) is 4.98 Å². The van der Waals surface area contributed by atoms with Gasteiger partial charge in [0.1, 0.15) is 0 Å². The summed E-state index contributed by atoms with van der Waals surface area (Å²) in [5.41, 5.74) is 4.87. The Morgan fingerprint density at radius 1 is 1.14 bits per heavy atom. The van der Waals surface area contributed by atoms with Crippen LogP contribution in [0.25, 0.3) is 22.6 Å². The molecule has 29 heavy (non-hydrogen) atoms. The maximum absolute atomic E-state index is 12.3. The number of halogens is 1. The van der Waals surface area contributed by atoms with Gasteiger partial charge in [0, 0.05) is 10.4 Å². The second-order valence-corrected chi connectivity index (χ2v) is 9.27. The van der Waals surface area contributed by atoms with Crippen molar-refractivity contribution in [3.05, 3.63) is 75.9 Å². The first-order chi connectivity index (χ1) is 13.7. The number of carbonyl (C=O) groups is 1. The number of hydrogen-bond donors (Lipinski definition) is 1. The predicted octanol–water partition coefficient (Wildman–Crippen LogP) is 6.74. The molecule has 0 aliphatic heterocycles. The fourth-order valence-corrected chi connectivity index (χ4v) is 4.38. The van der Waals surface area contributed by atoms with E-state index in [4.69, 9.17) is 16.6 Å². The van der Waals surface area contributed by atoms with E-state index in [9.17, 15) is 9.90 Å². The van der Waals surface area contributed by atoms with Crippen LogP contribution in [0.5, 0.6) is 0 Å².